The summed E-state index contributed by atoms with van der Waals surface area (Å²) >= 11 is 0. The summed E-state index contributed by atoms with van der Waals surface area (Å²) in [5.41, 5.74) is -3.36. The van der Waals surface area contributed by atoms with Gasteiger partial charge in [-0.3, -0.25) is 0 Å². The molecule has 1 heterocycles. The highest BCUT2D eigenvalue weighted by Crippen LogP contribution is 2.30. The number of aromatic nitrogens is 3. The van der Waals surface area contributed by atoms with Gasteiger partial charge in [0.2, 0.25) is 5.54 Å². The van der Waals surface area contributed by atoms with Crippen LogP contribution in [0.25, 0.3) is 0 Å². The molecular formula is C10H14F3N5O3. The van der Waals surface area contributed by atoms with Crippen molar-refractivity contribution in [3.63, 3.8) is 0 Å². The predicted molar refractivity (Wildman–Crippen MR) is 63.3 cm³/mol. The van der Waals surface area contributed by atoms with Gasteiger partial charge >= 0.3 is 18.2 Å². The lowest BCUT2D eigenvalue weighted by Crippen LogP contribution is -2.63. The van der Waals surface area contributed by atoms with Crippen LogP contribution in [-0.2, 0) is 18.3 Å². The highest BCUT2D eigenvalue weighted by Gasteiger charge is 2.58. The number of alkyl halides is 3. The monoisotopic (exact) mass is 309 g/mol. The number of halogens is 3. The second kappa shape index (κ2) is 5.97. The van der Waals surface area contributed by atoms with Crippen molar-refractivity contribution >= 4 is 12.0 Å². The summed E-state index contributed by atoms with van der Waals surface area (Å²) in [6, 6.07) is -1.24. The van der Waals surface area contributed by atoms with E-state index in [9.17, 15) is 22.8 Å². The predicted octanol–water partition coefficient (Wildman–Crippen LogP) is 0.0624. The molecule has 1 aromatic heterocycles. The smallest absolute Gasteiger partial charge is 0.422 e. The Morgan fingerprint density at radius 2 is 2.05 bits per heavy atom. The molecule has 0 saturated heterocycles. The molecule has 2 amide bonds. The molecule has 1 rings (SSSR count). The molecule has 0 bridgehead atoms. The SMILES string of the molecule is Cn1cnnc1CCNC(=O)NC(C)(C(=O)O)C(F)(F)F. The minimum absolute atomic E-state index is 0.0219. The van der Waals surface area contributed by atoms with E-state index < -0.39 is 23.7 Å². The molecule has 0 aliphatic carbocycles. The van der Waals surface area contributed by atoms with Gasteiger partial charge in [0, 0.05) is 20.0 Å². The molecule has 0 radical (unpaired) electrons. The highest BCUT2D eigenvalue weighted by atomic mass is 19.4. The third-order valence-electron chi connectivity index (χ3n) is 2.80. The van der Waals surface area contributed by atoms with Crippen molar-refractivity contribution < 1.29 is 27.9 Å². The normalized spacial score (nSPS) is 14.3. The lowest BCUT2D eigenvalue weighted by atomic mass is 10.0. The molecule has 1 aromatic rings. The van der Waals surface area contributed by atoms with E-state index in [1.54, 1.807) is 11.6 Å². The van der Waals surface area contributed by atoms with Crippen molar-refractivity contribution in [1.29, 1.82) is 0 Å². The van der Waals surface area contributed by atoms with Crippen LogP contribution in [0.2, 0.25) is 0 Å². The molecule has 0 aliphatic rings. The van der Waals surface area contributed by atoms with Crippen molar-refractivity contribution in [3.8, 4) is 0 Å². The van der Waals surface area contributed by atoms with E-state index in [0.29, 0.717) is 12.7 Å². The standard InChI is InChI=1S/C10H14F3N5O3/c1-9(7(19)20,10(11,12)13)16-8(21)14-4-3-6-17-15-5-18(6)2/h5H,3-4H2,1-2H3,(H,19,20)(H2,14,16,21). The number of carboxylic acid groups (broad SMARTS) is 1. The zero-order valence-corrected chi connectivity index (χ0v) is 11.2. The summed E-state index contributed by atoms with van der Waals surface area (Å²) in [4.78, 5) is 22.1. The van der Waals surface area contributed by atoms with E-state index in [1.807, 2.05) is 0 Å². The minimum Gasteiger partial charge on any atom is -0.479 e. The number of urea groups is 1. The average Bonchev–Trinajstić information content (AvgIpc) is 2.73. The van der Waals surface area contributed by atoms with Crippen molar-refractivity contribution in [2.24, 2.45) is 7.05 Å². The first-order chi connectivity index (χ1) is 9.58. The van der Waals surface area contributed by atoms with E-state index >= 15 is 0 Å². The quantitative estimate of drug-likeness (QED) is 0.713. The van der Waals surface area contributed by atoms with E-state index in [2.05, 4.69) is 15.5 Å². The number of carbonyl (C=O) groups is 2. The summed E-state index contributed by atoms with van der Waals surface area (Å²) in [6.07, 6.45) is -3.46. The number of nitrogens with zero attached hydrogens (tertiary/aromatic N) is 3. The lowest BCUT2D eigenvalue weighted by molar-refractivity contribution is -0.203. The number of hydrogen-bond donors (Lipinski definition) is 3. The molecule has 0 saturated carbocycles. The molecule has 0 fully saturated rings. The molecule has 118 valence electrons. The van der Waals surface area contributed by atoms with Crippen LogP contribution in [0, 0.1) is 0 Å². The average molecular weight is 309 g/mol. The summed E-state index contributed by atoms with van der Waals surface area (Å²) in [5.74, 6) is -1.68. The molecular weight excluding hydrogens is 295 g/mol. The number of carboxylic acids is 1. The van der Waals surface area contributed by atoms with Crippen molar-refractivity contribution in [2.75, 3.05) is 6.54 Å². The Kier molecular flexibility index (Phi) is 4.76. The maximum Gasteiger partial charge on any atom is 0.422 e. The van der Waals surface area contributed by atoms with Crippen LogP contribution < -0.4 is 10.6 Å². The fraction of sp³-hybridized carbons (Fsp3) is 0.600. The molecule has 1 atom stereocenters. The molecule has 0 aromatic carbocycles. The third kappa shape index (κ3) is 3.83. The van der Waals surface area contributed by atoms with E-state index in [-0.39, 0.29) is 13.0 Å². The first-order valence-electron chi connectivity index (χ1n) is 5.77. The van der Waals surface area contributed by atoms with Gasteiger partial charge in [0.05, 0.1) is 0 Å². The minimum atomic E-state index is -5.13. The Balaban J connectivity index is 2.56. The van der Waals surface area contributed by atoms with Gasteiger partial charge in [0.15, 0.2) is 0 Å². The second-order valence-electron chi connectivity index (χ2n) is 4.42. The fourth-order valence-corrected chi connectivity index (χ4v) is 1.34. The largest absolute Gasteiger partial charge is 0.479 e. The number of rotatable bonds is 5. The Morgan fingerprint density at radius 1 is 1.43 bits per heavy atom. The molecule has 0 aliphatic heterocycles. The maximum atomic E-state index is 12.7. The fourth-order valence-electron chi connectivity index (χ4n) is 1.34. The van der Waals surface area contributed by atoms with Crippen LogP contribution in [0.4, 0.5) is 18.0 Å². The zero-order valence-electron chi connectivity index (χ0n) is 11.2. The number of aryl methyl sites for hydroxylation is 1. The molecule has 11 heteroatoms. The van der Waals surface area contributed by atoms with Crippen molar-refractivity contribution in [2.45, 2.75) is 25.1 Å². The first kappa shape index (κ1) is 16.7. The lowest BCUT2D eigenvalue weighted by Gasteiger charge is -2.28. The summed E-state index contributed by atoms with van der Waals surface area (Å²) < 4.78 is 39.6. The van der Waals surface area contributed by atoms with Gasteiger partial charge in [0.25, 0.3) is 0 Å². The van der Waals surface area contributed by atoms with Crippen molar-refractivity contribution in [1.82, 2.24) is 25.4 Å². The molecule has 3 N–H and O–H groups in total. The van der Waals surface area contributed by atoms with Crippen LogP contribution in [0.5, 0.6) is 0 Å². The topological polar surface area (TPSA) is 109 Å². The zero-order chi connectivity index (χ0) is 16.3. The highest BCUT2D eigenvalue weighted by molar-refractivity contribution is 5.86. The molecule has 0 spiro atoms. The Morgan fingerprint density at radius 3 is 2.48 bits per heavy atom. The van der Waals surface area contributed by atoms with E-state index in [0.717, 1.165) is 0 Å². The molecule has 1 unspecified atom stereocenters. The van der Waals surface area contributed by atoms with Crippen LogP contribution in [0.1, 0.15) is 12.7 Å². The Labute approximate surface area is 117 Å². The first-order valence-corrected chi connectivity index (χ1v) is 5.77. The van der Waals surface area contributed by atoms with Gasteiger partial charge in [-0.15, -0.1) is 10.2 Å². The summed E-state index contributed by atoms with van der Waals surface area (Å²) in [7, 11) is 1.67. The van der Waals surface area contributed by atoms with Crippen LogP contribution in [0.15, 0.2) is 6.33 Å². The van der Waals surface area contributed by atoms with Gasteiger partial charge in [-0.2, -0.15) is 13.2 Å². The van der Waals surface area contributed by atoms with E-state index in [1.165, 1.54) is 11.6 Å². The second-order valence-corrected chi connectivity index (χ2v) is 4.42. The van der Waals surface area contributed by atoms with Crippen LogP contribution in [0.3, 0.4) is 0 Å². The number of carbonyl (C=O) groups excluding carboxylic acids is 1. The van der Waals surface area contributed by atoms with E-state index in [4.69, 9.17) is 5.11 Å². The van der Waals surface area contributed by atoms with Crippen LogP contribution in [-0.4, -0.2) is 50.1 Å². The Bertz CT molecular complexity index is 530. The Hall–Kier alpha value is -2.33. The van der Waals surface area contributed by atoms with Gasteiger partial charge in [-0.05, 0) is 6.92 Å². The van der Waals surface area contributed by atoms with Gasteiger partial charge in [-0.25, -0.2) is 9.59 Å². The van der Waals surface area contributed by atoms with Gasteiger partial charge < -0.3 is 20.3 Å². The molecule has 21 heavy (non-hydrogen) atoms. The van der Waals surface area contributed by atoms with Crippen LogP contribution >= 0.6 is 0 Å². The summed E-state index contributed by atoms with van der Waals surface area (Å²) in [6.45, 7) is 0.351. The summed E-state index contributed by atoms with van der Waals surface area (Å²) in [5, 5.41) is 19.5. The maximum absolute atomic E-state index is 12.7. The number of nitrogens with one attached hydrogen (secondary N) is 2. The number of aliphatic carboxylic acids is 1. The molecule has 8 nitrogen and oxygen atoms in total. The van der Waals surface area contributed by atoms with Crippen molar-refractivity contribution in [3.05, 3.63) is 12.2 Å². The van der Waals surface area contributed by atoms with Gasteiger partial charge in [-0.1, -0.05) is 0 Å². The third-order valence-corrected chi connectivity index (χ3v) is 2.80. The number of amides is 2. The number of hydrogen-bond acceptors (Lipinski definition) is 4. The van der Waals surface area contributed by atoms with Gasteiger partial charge in [0.1, 0.15) is 12.2 Å².